The van der Waals surface area contributed by atoms with E-state index in [1.165, 1.54) is 0 Å². The Hall–Kier alpha value is -0.340. The van der Waals surface area contributed by atoms with Crippen LogP contribution < -0.4 is 0 Å². The van der Waals surface area contributed by atoms with Crippen LogP contribution in [0.2, 0.25) is 0 Å². The van der Waals surface area contributed by atoms with Gasteiger partial charge in [-0.3, -0.25) is 0 Å². The summed E-state index contributed by atoms with van der Waals surface area (Å²) < 4.78 is 0. The number of rotatable bonds is 4. The minimum atomic E-state index is -1.03. The first-order valence-electron chi connectivity index (χ1n) is 3.63. The lowest BCUT2D eigenvalue weighted by atomic mass is 10.1. The second-order valence-corrected chi connectivity index (χ2v) is 2.71. The highest BCUT2D eigenvalue weighted by Crippen LogP contribution is 2.04. The molecule has 60 valence electrons. The van der Waals surface area contributed by atoms with E-state index >= 15 is 0 Å². The molecule has 0 saturated heterocycles. The van der Waals surface area contributed by atoms with Crippen LogP contribution >= 0.6 is 0 Å². The fourth-order valence-corrected chi connectivity index (χ4v) is 0.557. The molecule has 0 saturated carbocycles. The molecule has 0 fully saturated rings. The predicted octanol–water partition coefficient (Wildman–Crippen LogP) is 1.09. The van der Waals surface area contributed by atoms with Crippen LogP contribution in [0.1, 0.15) is 26.7 Å². The summed E-state index contributed by atoms with van der Waals surface area (Å²) >= 11 is 0. The molecule has 1 atom stereocenters. The van der Waals surface area contributed by atoms with Gasteiger partial charge in [-0.2, -0.15) is 0 Å². The van der Waals surface area contributed by atoms with Crippen LogP contribution in [0.15, 0.2) is 12.2 Å². The van der Waals surface area contributed by atoms with E-state index in [0.29, 0.717) is 0 Å². The molecule has 0 aromatic rings. The summed E-state index contributed by atoms with van der Waals surface area (Å²) in [5.41, 5.74) is -1.03. The fraction of sp³-hybridized carbons (Fsp3) is 0.750. The molecule has 0 heterocycles. The van der Waals surface area contributed by atoms with Crippen LogP contribution in [-0.2, 0) is 0 Å². The van der Waals surface area contributed by atoms with E-state index in [1.807, 2.05) is 6.08 Å². The van der Waals surface area contributed by atoms with E-state index in [-0.39, 0.29) is 6.61 Å². The van der Waals surface area contributed by atoms with Crippen molar-refractivity contribution in [3.05, 3.63) is 12.2 Å². The lowest BCUT2D eigenvalue weighted by Crippen LogP contribution is -2.25. The highest BCUT2D eigenvalue weighted by Gasteiger charge is 2.12. The van der Waals surface area contributed by atoms with Gasteiger partial charge in [0, 0.05) is 0 Å². The zero-order valence-corrected chi connectivity index (χ0v) is 6.67. The van der Waals surface area contributed by atoms with Crippen molar-refractivity contribution in [2.75, 3.05) is 6.61 Å². The topological polar surface area (TPSA) is 40.5 Å². The van der Waals surface area contributed by atoms with Gasteiger partial charge in [-0.15, -0.1) is 0 Å². The van der Waals surface area contributed by atoms with Gasteiger partial charge in [0.15, 0.2) is 0 Å². The highest BCUT2D eigenvalue weighted by atomic mass is 16.3. The van der Waals surface area contributed by atoms with Crippen LogP contribution in [-0.4, -0.2) is 22.4 Å². The smallest absolute Gasteiger partial charge is 0.103 e. The van der Waals surface area contributed by atoms with Gasteiger partial charge in [0.05, 0.1) is 6.61 Å². The van der Waals surface area contributed by atoms with Gasteiger partial charge < -0.3 is 10.2 Å². The third-order valence-corrected chi connectivity index (χ3v) is 1.25. The molecule has 0 amide bonds. The van der Waals surface area contributed by atoms with Crippen molar-refractivity contribution in [1.29, 1.82) is 0 Å². The second-order valence-electron chi connectivity index (χ2n) is 2.71. The summed E-state index contributed by atoms with van der Waals surface area (Å²) in [6, 6.07) is 0. The molecule has 0 aliphatic carbocycles. The molecular formula is C8H16O2. The molecule has 10 heavy (non-hydrogen) atoms. The Morgan fingerprint density at radius 2 is 2.10 bits per heavy atom. The molecule has 0 spiro atoms. The molecule has 0 aliphatic rings. The lowest BCUT2D eigenvalue weighted by Gasteiger charge is -2.13. The van der Waals surface area contributed by atoms with E-state index in [0.717, 1.165) is 12.8 Å². The Kier molecular flexibility index (Phi) is 4.32. The van der Waals surface area contributed by atoms with E-state index < -0.39 is 5.60 Å². The molecule has 0 aromatic heterocycles. The molecule has 2 N–H and O–H groups in total. The van der Waals surface area contributed by atoms with Crippen LogP contribution in [0.4, 0.5) is 0 Å². The van der Waals surface area contributed by atoms with Gasteiger partial charge in [0.1, 0.15) is 5.60 Å². The Bertz CT molecular complexity index is 106. The summed E-state index contributed by atoms with van der Waals surface area (Å²) in [5.74, 6) is 0. The van der Waals surface area contributed by atoms with E-state index in [9.17, 15) is 5.11 Å². The minimum absolute atomic E-state index is 0.215. The maximum atomic E-state index is 9.21. The summed E-state index contributed by atoms with van der Waals surface area (Å²) in [7, 11) is 0. The first-order chi connectivity index (χ1) is 4.62. The first kappa shape index (κ1) is 9.66. The molecular weight excluding hydrogens is 128 g/mol. The number of aliphatic hydroxyl groups is 2. The average Bonchev–Trinajstić information content (AvgIpc) is 1.89. The van der Waals surface area contributed by atoms with Crippen LogP contribution in [0, 0.1) is 0 Å². The number of allylic oxidation sites excluding steroid dienone is 1. The summed E-state index contributed by atoms with van der Waals surface area (Å²) in [6.45, 7) is 3.43. The zero-order chi connectivity index (χ0) is 8.04. The molecule has 0 radical (unpaired) electrons. The molecule has 2 nitrogen and oxygen atoms in total. The van der Waals surface area contributed by atoms with Gasteiger partial charge in [0.2, 0.25) is 0 Å². The molecule has 0 rings (SSSR count). The van der Waals surface area contributed by atoms with Crippen LogP contribution in [0.5, 0.6) is 0 Å². The number of hydrogen-bond donors (Lipinski definition) is 2. The van der Waals surface area contributed by atoms with Crippen molar-refractivity contribution in [3.8, 4) is 0 Å². The highest BCUT2D eigenvalue weighted by molar-refractivity contribution is 4.97. The number of unbranched alkanes of at least 4 members (excludes halogenated alkanes) is 1. The standard InChI is InChI=1S/C8H16O2/c1-3-4-5-6-8(2,10)7-9/h5-6,9-10H,3-4,7H2,1-2H3/b6-5+. The normalized spacial score (nSPS) is 17.6. The average molecular weight is 144 g/mol. The van der Waals surface area contributed by atoms with Gasteiger partial charge >= 0.3 is 0 Å². The van der Waals surface area contributed by atoms with Crippen LogP contribution in [0.25, 0.3) is 0 Å². The van der Waals surface area contributed by atoms with Crippen molar-refractivity contribution in [2.45, 2.75) is 32.3 Å². The summed E-state index contributed by atoms with van der Waals surface area (Å²) in [5, 5.41) is 17.8. The Morgan fingerprint density at radius 3 is 2.50 bits per heavy atom. The van der Waals surface area contributed by atoms with Crippen molar-refractivity contribution < 1.29 is 10.2 Å². The van der Waals surface area contributed by atoms with E-state index in [2.05, 4.69) is 6.92 Å². The molecule has 0 aromatic carbocycles. The third-order valence-electron chi connectivity index (χ3n) is 1.25. The quantitative estimate of drug-likeness (QED) is 0.580. The lowest BCUT2D eigenvalue weighted by molar-refractivity contribution is 0.0433. The van der Waals surface area contributed by atoms with Crippen molar-refractivity contribution in [3.63, 3.8) is 0 Å². The van der Waals surface area contributed by atoms with E-state index in [4.69, 9.17) is 5.11 Å². The monoisotopic (exact) mass is 144 g/mol. The van der Waals surface area contributed by atoms with Gasteiger partial charge in [0.25, 0.3) is 0 Å². The van der Waals surface area contributed by atoms with Crippen molar-refractivity contribution in [2.24, 2.45) is 0 Å². The third kappa shape index (κ3) is 4.53. The summed E-state index contributed by atoms with van der Waals surface area (Å²) in [4.78, 5) is 0. The molecule has 0 aliphatic heterocycles. The maximum absolute atomic E-state index is 9.21. The van der Waals surface area contributed by atoms with Gasteiger partial charge in [-0.05, 0) is 13.3 Å². The largest absolute Gasteiger partial charge is 0.393 e. The maximum Gasteiger partial charge on any atom is 0.103 e. The Morgan fingerprint density at radius 1 is 1.50 bits per heavy atom. The van der Waals surface area contributed by atoms with Crippen LogP contribution in [0.3, 0.4) is 0 Å². The van der Waals surface area contributed by atoms with Crippen molar-refractivity contribution in [1.82, 2.24) is 0 Å². The Labute approximate surface area is 62.2 Å². The Balaban J connectivity index is 3.63. The summed E-state index contributed by atoms with van der Waals surface area (Å²) in [6.07, 6.45) is 5.54. The predicted molar refractivity (Wildman–Crippen MR) is 41.8 cm³/mol. The zero-order valence-electron chi connectivity index (χ0n) is 6.67. The second kappa shape index (κ2) is 4.47. The number of aliphatic hydroxyl groups excluding tert-OH is 1. The fourth-order valence-electron chi connectivity index (χ4n) is 0.557. The molecule has 1 unspecified atom stereocenters. The van der Waals surface area contributed by atoms with E-state index in [1.54, 1.807) is 13.0 Å². The SMILES string of the molecule is CCC/C=C/C(C)(O)CO. The molecule has 0 bridgehead atoms. The van der Waals surface area contributed by atoms with Gasteiger partial charge in [-0.25, -0.2) is 0 Å². The van der Waals surface area contributed by atoms with Gasteiger partial charge in [-0.1, -0.05) is 25.5 Å². The van der Waals surface area contributed by atoms with Crippen molar-refractivity contribution >= 4 is 0 Å². The number of hydrogen-bond acceptors (Lipinski definition) is 2. The first-order valence-corrected chi connectivity index (χ1v) is 3.63. The minimum Gasteiger partial charge on any atom is -0.393 e. The molecule has 2 heteroatoms.